The van der Waals surface area contributed by atoms with E-state index in [4.69, 9.17) is 5.11 Å². The van der Waals surface area contributed by atoms with Crippen molar-refractivity contribution in [3.63, 3.8) is 0 Å². The zero-order chi connectivity index (χ0) is 8.97. The highest BCUT2D eigenvalue weighted by Gasteiger charge is 1.95. The summed E-state index contributed by atoms with van der Waals surface area (Å²) in [6.07, 6.45) is 2.98. The van der Waals surface area contributed by atoms with Crippen molar-refractivity contribution in [3.05, 3.63) is 27.5 Å². The lowest BCUT2D eigenvalue weighted by atomic mass is 10.1. The molecule has 0 unspecified atom stereocenters. The van der Waals surface area contributed by atoms with Crippen LogP contribution in [0, 0.1) is 6.92 Å². The fourth-order valence-corrected chi connectivity index (χ4v) is 1.70. The van der Waals surface area contributed by atoms with E-state index in [1.54, 1.807) is 11.3 Å². The molecule has 0 radical (unpaired) electrons. The Morgan fingerprint density at radius 2 is 2.42 bits per heavy atom. The van der Waals surface area contributed by atoms with Gasteiger partial charge >= 0.3 is 0 Å². The van der Waals surface area contributed by atoms with Crippen LogP contribution in [-0.2, 0) is 0 Å². The van der Waals surface area contributed by atoms with Gasteiger partial charge in [0.1, 0.15) is 0 Å². The van der Waals surface area contributed by atoms with Gasteiger partial charge in [-0.15, -0.1) is 11.3 Å². The van der Waals surface area contributed by atoms with Crippen molar-refractivity contribution in [3.8, 4) is 0 Å². The first-order chi connectivity index (χ1) is 5.76. The summed E-state index contributed by atoms with van der Waals surface area (Å²) < 4.78 is 0. The van der Waals surface area contributed by atoms with Gasteiger partial charge in [-0.2, -0.15) is 0 Å². The maximum absolute atomic E-state index is 8.93. The first-order valence-corrected chi connectivity index (χ1v) is 4.99. The van der Waals surface area contributed by atoms with Crippen molar-refractivity contribution in [1.82, 2.24) is 0 Å². The summed E-state index contributed by atoms with van der Waals surface area (Å²) in [5.74, 6) is 0. The lowest BCUT2D eigenvalue weighted by Gasteiger charge is -1.96. The second-order valence-corrected chi connectivity index (χ2v) is 3.92. The zero-order valence-corrected chi connectivity index (χ0v) is 8.32. The summed E-state index contributed by atoms with van der Waals surface area (Å²) >= 11 is 1.74. The van der Waals surface area contributed by atoms with Crippen LogP contribution in [0.1, 0.15) is 23.8 Å². The fraction of sp³-hybridized carbons (Fsp3) is 0.400. The van der Waals surface area contributed by atoms with Crippen molar-refractivity contribution < 1.29 is 5.11 Å². The van der Waals surface area contributed by atoms with Crippen LogP contribution in [0.25, 0.3) is 6.08 Å². The molecule has 1 rings (SSSR count). The average Bonchev–Trinajstić information content (AvgIpc) is 2.47. The van der Waals surface area contributed by atoms with E-state index >= 15 is 0 Å². The second-order valence-electron chi connectivity index (χ2n) is 2.80. The topological polar surface area (TPSA) is 20.2 Å². The van der Waals surface area contributed by atoms with Crippen molar-refractivity contribution >= 4 is 17.4 Å². The molecule has 1 heterocycles. The highest BCUT2D eigenvalue weighted by molar-refractivity contribution is 7.10. The van der Waals surface area contributed by atoms with E-state index in [1.807, 2.05) is 0 Å². The zero-order valence-electron chi connectivity index (χ0n) is 7.50. The molecule has 1 aromatic heterocycles. The van der Waals surface area contributed by atoms with Crippen LogP contribution in [0.5, 0.6) is 0 Å². The molecular formula is C10H14OS. The van der Waals surface area contributed by atoms with E-state index in [0.29, 0.717) is 0 Å². The number of hydrogen-bond donors (Lipinski definition) is 1. The quantitative estimate of drug-likeness (QED) is 0.762. The van der Waals surface area contributed by atoms with Crippen molar-refractivity contribution in [1.29, 1.82) is 0 Å². The molecule has 0 aromatic carbocycles. The Morgan fingerprint density at radius 3 is 2.83 bits per heavy atom. The van der Waals surface area contributed by atoms with E-state index in [2.05, 4.69) is 31.4 Å². The van der Waals surface area contributed by atoms with E-state index in [1.165, 1.54) is 10.4 Å². The van der Waals surface area contributed by atoms with Gasteiger partial charge in [0.25, 0.3) is 0 Å². The predicted molar refractivity (Wildman–Crippen MR) is 54.4 cm³/mol. The Morgan fingerprint density at radius 1 is 1.67 bits per heavy atom. The second kappa shape index (κ2) is 4.43. The summed E-state index contributed by atoms with van der Waals surface area (Å²) in [5, 5.41) is 11.0. The lowest BCUT2D eigenvalue weighted by Crippen LogP contribution is -1.86. The predicted octanol–water partition coefficient (Wildman–Crippen LogP) is 2.84. The molecule has 0 bridgehead atoms. The van der Waals surface area contributed by atoms with Gasteiger partial charge in [-0.25, -0.2) is 0 Å². The van der Waals surface area contributed by atoms with E-state index < -0.39 is 0 Å². The lowest BCUT2D eigenvalue weighted by molar-refractivity contribution is 0.329. The molecule has 0 saturated heterocycles. The molecule has 0 saturated carbocycles. The molecule has 1 nitrogen and oxygen atoms in total. The van der Waals surface area contributed by atoms with E-state index in [0.717, 1.165) is 12.0 Å². The standard InChI is InChI=1S/C10H14OS/c1-3-9(6-11)5-10-4-8(2)12-7-10/h4-5,7,11H,3,6H2,1-2H3/b9-5+. The summed E-state index contributed by atoms with van der Waals surface area (Å²) in [6.45, 7) is 4.32. The maximum atomic E-state index is 8.93. The van der Waals surface area contributed by atoms with Crippen LogP contribution in [0.3, 0.4) is 0 Å². The van der Waals surface area contributed by atoms with Crippen molar-refractivity contribution in [2.45, 2.75) is 20.3 Å². The van der Waals surface area contributed by atoms with Gasteiger partial charge < -0.3 is 5.11 Å². The summed E-state index contributed by atoms with van der Waals surface area (Å²) in [7, 11) is 0. The molecule has 0 amide bonds. The van der Waals surface area contributed by atoms with Gasteiger partial charge in [0, 0.05) is 4.88 Å². The minimum Gasteiger partial charge on any atom is -0.392 e. The molecule has 0 aliphatic heterocycles. The van der Waals surface area contributed by atoms with Gasteiger partial charge in [0.05, 0.1) is 6.61 Å². The average molecular weight is 182 g/mol. The number of rotatable bonds is 3. The number of hydrogen-bond acceptors (Lipinski definition) is 2. The SMILES string of the molecule is CC/C(=C\c1csc(C)c1)CO. The minimum absolute atomic E-state index is 0.172. The van der Waals surface area contributed by atoms with Crippen LogP contribution < -0.4 is 0 Å². The fourth-order valence-electron chi connectivity index (χ4n) is 1.03. The maximum Gasteiger partial charge on any atom is 0.0644 e. The molecule has 1 N–H and O–H groups in total. The normalized spacial score (nSPS) is 12.1. The molecule has 0 fully saturated rings. The summed E-state index contributed by atoms with van der Waals surface area (Å²) in [5.41, 5.74) is 2.30. The summed E-state index contributed by atoms with van der Waals surface area (Å²) in [6, 6.07) is 2.13. The van der Waals surface area contributed by atoms with Crippen molar-refractivity contribution in [2.24, 2.45) is 0 Å². The highest BCUT2D eigenvalue weighted by atomic mass is 32.1. The van der Waals surface area contributed by atoms with E-state index in [9.17, 15) is 0 Å². The Labute approximate surface area is 77.4 Å². The first kappa shape index (κ1) is 9.49. The molecule has 0 aliphatic rings. The van der Waals surface area contributed by atoms with Crippen LogP contribution in [0.4, 0.5) is 0 Å². The third kappa shape index (κ3) is 2.47. The largest absolute Gasteiger partial charge is 0.392 e. The number of aryl methyl sites for hydroxylation is 1. The Kier molecular flexibility index (Phi) is 3.50. The Balaban J connectivity index is 2.78. The van der Waals surface area contributed by atoms with Crippen LogP contribution in [-0.4, -0.2) is 11.7 Å². The Bertz CT molecular complexity index is 267. The van der Waals surface area contributed by atoms with Gasteiger partial charge in [-0.3, -0.25) is 0 Å². The molecule has 0 spiro atoms. The third-order valence-corrected chi connectivity index (χ3v) is 2.66. The van der Waals surface area contributed by atoms with Crippen LogP contribution >= 0.6 is 11.3 Å². The monoisotopic (exact) mass is 182 g/mol. The number of aliphatic hydroxyl groups is 1. The molecule has 0 atom stereocenters. The molecule has 0 aliphatic carbocycles. The van der Waals surface area contributed by atoms with Gasteiger partial charge in [0.2, 0.25) is 0 Å². The smallest absolute Gasteiger partial charge is 0.0644 e. The van der Waals surface area contributed by atoms with Crippen LogP contribution in [0.2, 0.25) is 0 Å². The summed E-state index contributed by atoms with van der Waals surface area (Å²) in [4.78, 5) is 1.31. The molecule has 12 heavy (non-hydrogen) atoms. The van der Waals surface area contributed by atoms with Gasteiger partial charge in [0.15, 0.2) is 0 Å². The molecule has 2 heteroatoms. The molecular weight excluding hydrogens is 168 g/mol. The minimum atomic E-state index is 0.172. The van der Waals surface area contributed by atoms with Gasteiger partial charge in [-0.1, -0.05) is 13.0 Å². The van der Waals surface area contributed by atoms with Crippen LogP contribution in [0.15, 0.2) is 17.0 Å². The Hall–Kier alpha value is -0.600. The van der Waals surface area contributed by atoms with E-state index in [-0.39, 0.29) is 6.61 Å². The first-order valence-electron chi connectivity index (χ1n) is 4.11. The molecule has 66 valence electrons. The highest BCUT2D eigenvalue weighted by Crippen LogP contribution is 2.16. The number of thiophene rings is 1. The number of aliphatic hydroxyl groups excluding tert-OH is 1. The van der Waals surface area contributed by atoms with Crippen molar-refractivity contribution in [2.75, 3.05) is 6.61 Å². The van der Waals surface area contributed by atoms with Gasteiger partial charge in [-0.05, 0) is 35.9 Å². The molecule has 1 aromatic rings. The third-order valence-electron chi connectivity index (χ3n) is 1.78.